The van der Waals surface area contributed by atoms with E-state index in [2.05, 4.69) is 29.1 Å². The zero-order chi connectivity index (χ0) is 18.1. The maximum Gasteiger partial charge on any atom is 0.278 e. The third-order valence-corrected chi connectivity index (χ3v) is 4.77. The Balaban J connectivity index is 1.80. The first-order valence-electron chi connectivity index (χ1n) is 9.49. The Kier molecular flexibility index (Phi) is 7.95. The van der Waals surface area contributed by atoms with E-state index in [1.54, 1.807) is 19.5 Å². The number of hydrogen-bond donors (Lipinski definition) is 1. The number of nitrogens with zero attached hydrogens (tertiary/aromatic N) is 2. The molecule has 0 saturated heterocycles. The minimum absolute atomic E-state index is 0.0980. The standard InChI is InChI=1S/C19H31N3O3/c1-4-6-14(7-5-2)17(23)22-15-8-10-16(11-9-15)25-19-18(24-3)20-12-13-21-19/h12-16H,4-11H2,1-3H3,(H,22,23). The highest BCUT2D eigenvalue weighted by molar-refractivity contribution is 5.78. The molecule has 0 aromatic carbocycles. The van der Waals surface area contributed by atoms with Crippen molar-refractivity contribution in [1.82, 2.24) is 15.3 Å². The number of ether oxygens (including phenoxy) is 2. The largest absolute Gasteiger partial charge is 0.477 e. The van der Waals surface area contributed by atoms with Crippen molar-refractivity contribution in [2.24, 2.45) is 5.92 Å². The summed E-state index contributed by atoms with van der Waals surface area (Å²) >= 11 is 0. The fourth-order valence-corrected chi connectivity index (χ4v) is 3.44. The molecule has 0 radical (unpaired) electrons. The Morgan fingerprint density at radius 3 is 2.28 bits per heavy atom. The fraction of sp³-hybridized carbons (Fsp3) is 0.737. The zero-order valence-electron chi connectivity index (χ0n) is 15.7. The van der Waals surface area contributed by atoms with Gasteiger partial charge in [0.15, 0.2) is 0 Å². The van der Waals surface area contributed by atoms with E-state index in [0.717, 1.165) is 51.4 Å². The van der Waals surface area contributed by atoms with Crippen LogP contribution in [0.4, 0.5) is 0 Å². The molecule has 1 aliphatic carbocycles. The second kappa shape index (κ2) is 10.2. The first-order chi connectivity index (χ1) is 12.2. The van der Waals surface area contributed by atoms with Crippen LogP contribution in [0.5, 0.6) is 11.8 Å². The lowest BCUT2D eigenvalue weighted by atomic mass is 9.91. The van der Waals surface area contributed by atoms with Gasteiger partial charge in [-0.1, -0.05) is 26.7 Å². The number of hydrogen-bond acceptors (Lipinski definition) is 5. The molecule has 140 valence electrons. The van der Waals surface area contributed by atoms with Crippen molar-refractivity contribution in [3.05, 3.63) is 12.4 Å². The Hall–Kier alpha value is -1.85. The zero-order valence-corrected chi connectivity index (χ0v) is 15.7. The van der Waals surface area contributed by atoms with Crippen molar-refractivity contribution in [1.29, 1.82) is 0 Å². The molecule has 1 aromatic heterocycles. The lowest BCUT2D eigenvalue weighted by Gasteiger charge is -2.30. The van der Waals surface area contributed by atoms with E-state index in [0.29, 0.717) is 11.8 Å². The Morgan fingerprint density at radius 2 is 1.72 bits per heavy atom. The highest BCUT2D eigenvalue weighted by Gasteiger charge is 2.26. The van der Waals surface area contributed by atoms with Gasteiger partial charge in [0.25, 0.3) is 11.8 Å². The summed E-state index contributed by atoms with van der Waals surface area (Å²) in [4.78, 5) is 20.8. The maximum absolute atomic E-state index is 12.5. The molecule has 2 rings (SSSR count). The van der Waals surface area contributed by atoms with Gasteiger partial charge in [-0.15, -0.1) is 0 Å². The third kappa shape index (κ3) is 5.87. The molecule has 6 nitrogen and oxygen atoms in total. The topological polar surface area (TPSA) is 73.3 Å². The fourth-order valence-electron chi connectivity index (χ4n) is 3.44. The highest BCUT2D eigenvalue weighted by Crippen LogP contribution is 2.27. The molecule has 1 fully saturated rings. The van der Waals surface area contributed by atoms with Gasteiger partial charge in [0, 0.05) is 24.4 Å². The van der Waals surface area contributed by atoms with E-state index in [9.17, 15) is 4.79 Å². The first kappa shape index (κ1) is 19.5. The first-order valence-corrected chi connectivity index (χ1v) is 9.49. The Bertz CT molecular complexity index is 524. The summed E-state index contributed by atoms with van der Waals surface area (Å²) in [5.41, 5.74) is 0. The van der Waals surface area contributed by atoms with E-state index in [1.807, 2.05) is 0 Å². The summed E-state index contributed by atoms with van der Waals surface area (Å²) in [7, 11) is 1.56. The molecule has 25 heavy (non-hydrogen) atoms. The molecule has 0 aliphatic heterocycles. The van der Waals surface area contributed by atoms with Crippen molar-refractivity contribution in [3.8, 4) is 11.8 Å². The average molecular weight is 349 g/mol. The minimum atomic E-state index is 0.0980. The van der Waals surface area contributed by atoms with E-state index in [4.69, 9.17) is 9.47 Å². The summed E-state index contributed by atoms with van der Waals surface area (Å²) in [6, 6.07) is 0.257. The van der Waals surface area contributed by atoms with Crippen molar-refractivity contribution >= 4 is 5.91 Å². The second-order valence-corrected chi connectivity index (χ2v) is 6.75. The van der Waals surface area contributed by atoms with Crippen LogP contribution >= 0.6 is 0 Å². The van der Waals surface area contributed by atoms with Crippen molar-refractivity contribution in [2.45, 2.75) is 77.4 Å². The minimum Gasteiger partial charge on any atom is -0.477 e. The van der Waals surface area contributed by atoms with Crippen LogP contribution in [0.2, 0.25) is 0 Å². The molecule has 1 saturated carbocycles. The normalized spacial score (nSPS) is 20.3. The lowest BCUT2D eigenvalue weighted by Crippen LogP contribution is -2.42. The molecule has 1 aromatic rings. The molecular formula is C19H31N3O3. The number of carbonyl (C=O) groups excluding carboxylic acids is 1. The van der Waals surface area contributed by atoms with Gasteiger partial charge in [-0.3, -0.25) is 4.79 Å². The summed E-state index contributed by atoms with van der Waals surface area (Å²) in [5, 5.41) is 3.25. The highest BCUT2D eigenvalue weighted by atomic mass is 16.5. The smallest absolute Gasteiger partial charge is 0.278 e. The van der Waals surface area contributed by atoms with E-state index >= 15 is 0 Å². The predicted molar refractivity (Wildman–Crippen MR) is 96.7 cm³/mol. The lowest BCUT2D eigenvalue weighted by molar-refractivity contribution is -0.126. The number of carbonyl (C=O) groups is 1. The number of amides is 1. The molecule has 0 unspecified atom stereocenters. The molecule has 0 bridgehead atoms. The average Bonchev–Trinajstić information content (AvgIpc) is 2.63. The van der Waals surface area contributed by atoms with Gasteiger partial charge < -0.3 is 14.8 Å². The van der Waals surface area contributed by atoms with E-state index in [1.165, 1.54) is 0 Å². The maximum atomic E-state index is 12.5. The Morgan fingerprint density at radius 1 is 1.12 bits per heavy atom. The molecule has 1 aliphatic rings. The van der Waals surface area contributed by atoms with Gasteiger partial charge in [-0.25, -0.2) is 9.97 Å². The van der Waals surface area contributed by atoms with Crippen LogP contribution in [0.1, 0.15) is 65.2 Å². The summed E-state index contributed by atoms with van der Waals surface area (Å²) in [6.07, 6.45) is 11.0. The van der Waals surface area contributed by atoms with Gasteiger partial charge >= 0.3 is 0 Å². The predicted octanol–water partition coefficient (Wildman–Crippen LogP) is 3.51. The third-order valence-electron chi connectivity index (χ3n) is 4.77. The molecule has 1 heterocycles. The SMILES string of the molecule is CCCC(CCC)C(=O)NC1CCC(Oc2nccnc2OC)CC1. The monoisotopic (exact) mass is 349 g/mol. The van der Waals surface area contributed by atoms with Crippen LogP contribution in [0.25, 0.3) is 0 Å². The molecule has 1 amide bonds. The molecule has 0 spiro atoms. The van der Waals surface area contributed by atoms with Gasteiger partial charge in [-0.2, -0.15) is 0 Å². The van der Waals surface area contributed by atoms with Crippen LogP contribution in [0, 0.1) is 5.92 Å². The molecule has 0 atom stereocenters. The molecule has 1 N–H and O–H groups in total. The van der Waals surface area contributed by atoms with Crippen LogP contribution in [-0.4, -0.2) is 35.1 Å². The quantitative estimate of drug-likeness (QED) is 0.738. The number of nitrogens with one attached hydrogen (secondary N) is 1. The van der Waals surface area contributed by atoms with Crippen molar-refractivity contribution in [3.63, 3.8) is 0 Å². The van der Waals surface area contributed by atoms with Crippen molar-refractivity contribution < 1.29 is 14.3 Å². The molecular weight excluding hydrogens is 318 g/mol. The van der Waals surface area contributed by atoms with Gasteiger partial charge in [0.05, 0.1) is 7.11 Å². The van der Waals surface area contributed by atoms with E-state index < -0.39 is 0 Å². The number of rotatable bonds is 9. The van der Waals surface area contributed by atoms with Gasteiger partial charge in [0.1, 0.15) is 6.10 Å². The second-order valence-electron chi connectivity index (χ2n) is 6.75. The van der Waals surface area contributed by atoms with Crippen LogP contribution in [0.15, 0.2) is 12.4 Å². The number of aromatic nitrogens is 2. The van der Waals surface area contributed by atoms with Crippen molar-refractivity contribution in [2.75, 3.05) is 7.11 Å². The number of methoxy groups -OCH3 is 1. The summed E-state index contributed by atoms with van der Waals surface area (Å²) < 4.78 is 11.1. The summed E-state index contributed by atoms with van der Waals surface area (Å²) in [6.45, 7) is 4.28. The summed E-state index contributed by atoms with van der Waals surface area (Å²) in [5.74, 6) is 1.25. The molecule has 6 heteroatoms. The van der Waals surface area contributed by atoms with Crippen LogP contribution in [-0.2, 0) is 4.79 Å². The van der Waals surface area contributed by atoms with Crippen LogP contribution in [0.3, 0.4) is 0 Å². The van der Waals surface area contributed by atoms with E-state index in [-0.39, 0.29) is 24.0 Å². The Labute approximate surface area is 150 Å². The van der Waals surface area contributed by atoms with Crippen LogP contribution < -0.4 is 14.8 Å². The van der Waals surface area contributed by atoms with Gasteiger partial charge in [0.2, 0.25) is 5.91 Å². The van der Waals surface area contributed by atoms with Gasteiger partial charge in [-0.05, 0) is 38.5 Å².